The Balaban J connectivity index is 2.22. The predicted molar refractivity (Wildman–Crippen MR) is 83.4 cm³/mol. The van der Waals surface area contributed by atoms with Crippen LogP contribution < -0.4 is 5.32 Å². The number of aromatic nitrogens is 1. The second kappa shape index (κ2) is 6.05. The van der Waals surface area contributed by atoms with Crippen molar-refractivity contribution in [2.24, 2.45) is 0 Å². The molecule has 2 aromatic rings. The number of anilines is 1. The van der Waals surface area contributed by atoms with Gasteiger partial charge in [-0.2, -0.15) is 0 Å². The fourth-order valence-electron chi connectivity index (χ4n) is 2.02. The number of hydrogen-bond donors (Lipinski definition) is 1. The van der Waals surface area contributed by atoms with Gasteiger partial charge in [-0.1, -0.05) is 11.6 Å². The molecule has 1 amide bonds. The second-order valence-corrected chi connectivity index (χ2v) is 5.76. The van der Waals surface area contributed by atoms with Crippen LogP contribution in [0.5, 0.6) is 0 Å². The standard InChI is InChI=1S/C15H19N3OS/c1-10-5-6-13(16-3)12(7-10)15(19)18(4)8-14-11(2)17-9-20-14/h5-7,9,16H,8H2,1-4H3. The molecule has 0 saturated heterocycles. The van der Waals surface area contributed by atoms with Crippen LogP contribution in [0.15, 0.2) is 23.7 Å². The molecule has 0 aliphatic carbocycles. The van der Waals surface area contributed by atoms with Crippen molar-refractivity contribution in [2.75, 3.05) is 19.4 Å². The number of rotatable bonds is 4. The summed E-state index contributed by atoms with van der Waals surface area (Å²) in [6, 6.07) is 5.86. The Kier molecular flexibility index (Phi) is 4.39. The van der Waals surface area contributed by atoms with Gasteiger partial charge >= 0.3 is 0 Å². The molecule has 0 fully saturated rings. The number of hydrogen-bond acceptors (Lipinski definition) is 4. The minimum absolute atomic E-state index is 0.0193. The zero-order valence-corrected chi connectivity index (χ0v) is 13.0. The fraction of sp³-hybridized carbons (Fsp3) is 0.333. The molecule has 106 valence electrons. The summed E-state index contributed by atoms with van der Waals surface area (Å²) in [5.74, 6) is 0.0193. The van der Waals surface area contributed by atoms with Crippen LogP contribution in [-0.2, 0) is 6.54 Å². The SMILES string of the molecule is CNc1ccc(C)cc1C(=O)N(C)Cc1scnc1C. The Labute approximate surface area is 123 Å². The molecule has 0 aliphatic rings. The summed E-state index contributed by atoms with van der Waals surface area (Å²) in [5.41, 5.74) is 5.45. The van der Waals surface area contributed by atoms with Crippen LogP contribution in [0.4, 0.5) is 5.69 Å². The summed E-state index contributed by atoms with van der Waals surface area (Å²) in [6.45, 7) is 4.55. The normalized spacial score (nSPS) is 10.4. The molecule has 0 unspecified atom stereocenters. The van der Waals surface area contributed by atoms with Gasteiger partial charge in [0, 0.05) is 24.7 Å². The van der Waals surface area contributed by atoms with Gasteiger partial charge in [-0.25, -0.2) is 4.98 Å². The van der Waals surface area contributed by atoms with Crippen molar-refractivity contribution in [1.29, 1.82) is 0 Å². The molecule has 0 atom stereocenters. The van der Waals surface area contributed by atoms with Crippen LogP contribution in [0.3, 0.4) is 0 Å². The molecule has 0 aliphatic heterocycles. The molecule has 0 radical (unpaired) electrons. The van der Waals surface area contributed by atoms with Crippen LogP contribution in [0.25, 0.3) is 0 Å². The maximum Gasteiger partial charge on any atom is 0.256 e. The summed E-state index contributed by atoms with van der Waals surface area (Å²) >= 11 is 1.58. The fourth-order valence-corrected chi connectivity index (χ4v) is 2.85. The lowest BCUT2D eigenvalue weighted by atomic mass is 10.1. The predicted octanol–water partition coefficient (Wildman–Crippen LogP) is 3.07. The first kappa shape index (κ1) is 14.5. The van der Waals surface area contributed by atoms with Gasteiger partial charge in [-0.15, -0.1) is 11.3 Å². The first-order chi connectivity index (χ1) is 9.52. The molecule has 1 aromatic heterocycles. The van der Waals surface area contributed by atoms with Gasteiger partial charge in [-0.05, 0) is 26.0 Å². The van der Waals surface area contributed by atoms with Crippen molar-refractivity contribution in [3.05, 3.63) is 45.4 Å². The third-order valence-corrected chi connectivity index (χ3v) is 4.17. The topological polar surface area (TPSA) is 45.2 Å². The van der Waals surface area contributed by atoms with E-state index in [1.54, 1.807) is 16.2 Å². The number of nitrogens with one attached hydrogen (secondary N) is 1. The average Bonchev–Trinajstić information content (AvgIpc) is 2.83. The summed E-state index contributed by atoms with van der Waals surface area (Å²) in [7, 11) is 3.65. The molecule has 1 aromatic carbocycles. The Hall–Kier alpha value is -1.88. The third-order valence-electron chi connectivity index (χ3n) is 3.25. The minimum Gasteiger partial charge on any atom is -0.387 e. The van der Waals surface area contributed by atoms with Crippen LogP contribution >= 0.6 is 11.3 Å². The van der Waals surface area contributed by atoms with Crippen LogP contribution in [0.1, 0.15) is 26.5 Å². The molecular formula is C15H19N3OS. The zero-order valence-electron chi connectivity index (χ0n) is 12.2. The van der Waals surface area contributed by atoms with E-state index < -0.39 is 0 Å². The van der Waals surface area contributed by atoms with Gasteiger partial charge in [0.2, 0.25) is 0 Å². The van der Waals surface area contributed by atoms with Gasteiger partial charge in [0.05, 0.1) is 23.3 Å². The lowest BCUT2D eigenvalue weighted by Crippen LogP contribution is -2.27. The quantitative estimate of drug-likeness (QED) is 0.941. The van der Waals surface area contributed by atoms with E-state index in [-0.39, 0.29) is 5.91 Å². The van der Waals surface area contributed by atoms with Crippen molar-refractivity contribution in [2.45, 2.75) is 20.4 Å². The lowest BCUT2D eigenvalue weighted by Gasteiger charge is -2.19. The van der Waals surface area contributed by atoms with Crippen molar-refractivity contribution >= 4 is 22.9 Å². The molecule has 0 bridgehead atoms. The number of nitrogens with zero attached hydrogens (tertiary/aromatic N) is 2. The molecule has 0 saturated carbocycles. The maximum absolute atomic E-state index is 12.6. The molecule has 1 N–H and O–H groups in total. The Morgan fingerprint density at radius 3 is 2.75 bits per heavy atom. The molecule has 5 heteroatoms. The smallest absolute Gasteiger partial charge is 0.256 e. The third kappa shape index (κ3) is 2.99. The van der Waals surface area contributed by atoms with Crippen LogP contribution in [0.2, 0.25) is 0 Å². The summed E-state index contributed by atoms with van der Waals surface area (Å²) < 4.78 is 0. The lowest BCUT2D eigenvalue weighted by molar-refractivity contribution is 0.0787. The van der Waals surface area contributed by atoms with E-state index in [1.807, 2.05) is 51.7 Å². The number of carbonyl (C=O) groups is 1. The van der Waals surface area contributed by atoms with Crippen LogP contribution in [-0.4, -0.2) is 29.9 Å². The highest BCUT2D eigenvalue weighted by molar-refractivity contribution is 7.09. The second-order valence-electron chi connectivity index (χ2n) is 4.82. The summed E-state index contributed by atoms with van der Waals surface area (Å²) in [4.78, 5) is 19.7. The van der Waals surface area contributed by atoms with Crippen molar-refractivity contribution < 1.29 is 4.79 Å². The van der Waals surface area contributed by atoms with E-state index in [0.29, 0.717) is 12.1 Å². The Bertz CT molecular complexity index is 621. The van der Waals surface area contributed by atoms with Gasteiger partial charge in [0.1, 0.15) is 0 Å². The van der Waals surface area contributed by atoms with Crippen molar-refractivity contribution in [3.63, 3.8) is 0 Å². The average molecular weight is 289 g/mol. The molecule has 1 heterocycles. The first-order valence-electron chi connectivity index (χ1n) is 6.45. The number of thiazole rings is 1. The van der Waals surface area contributed by atoms with E-state index in [1.165, 1.54) is 0 Å². The highest BCUT2D eigenvalue weighted by Gasteiger charge is 2.17. The Morgan fingerprint density at radius 1 is 1.40 bits per heavy atom. The highest BCUT2D eigenvalue weighted by atomic mass is 32.1. The first-order valence-corrected chi connectivity index (χ1v) is 7.33. The largest absolute Gasteiger partial charge is 0.387 e. The molecule has 4 nitrogen and oxygen atoms in total. The zero-order chi connectivity index (χ0) is 14.7. The number of benzene rings is 1. The summed E-state index contributed by atoms with van der Waals surface area (Å²) in [6.07, 6.45) is 0. The Morgan fingerprint density at radius 2 is 2.15 bits per heavy atom. The van der Waals surface area contributed by atoms with Crippen molar-refractivity contribution in [1.82, 2.24) is 9.88 Å². The monoisotopic (exact) mass is 289 g/mol. The number of carbonyl (C=O) groups excluding carboxylic acids is 1. The molecule has 20 heavy (non-hydrogen) atoms. The van der Waals surface area contributed by atoms with E-state index in [0.717, 1.165) is 21.8 Å². The van der Waals surface area contributed by atoms with Gasteiger partial charge in [0.25, 0.3) is 5.91 Å². The van der Waals surface area contributed by atoms with Gasteiger partial charge < -0.3 is 10.2 Å². The van der Waals surface area contributed by atoms with E-state index in [2.05, 4.69) is 10.3 Å². The number of aryl methyl sites for hydroxylation is 2. The molecule has 0 spiro atoms. The highest BCUT2D eigenvalue weighted by Crippen LogP contribution is 2.21. The minimum atomic E-state index is 0.0193. The van der Waals surface area contributed by atoms with Crippen molar-refractivity contribution in [3.8, 4) is 0 Å². The van der Waals surface area contributed by atoms with Gasteiger partial charge in [0.15, 0.2) is 0 Å². The summed E-state index contributed by atoms with van der Waals surface area (Å²) in [5, 5.41) is 3.07. The van der Waals surface area contributed by atoms with E-state index in [4.69, 9.17) is 0 Å². The van der Waals surface area contributed by atoms with Gasteiger partial charge in [-0.3, -0.25) is 4.79 Å². The molecular weight excluding hydrogens is 270 g/mol. The maximum atomic E-state index is 12.6. The van der Waals surface area contributed by atoms with E-state index in [9.17, 15) is 4.79 Å². The van der Waals surface area contributed by atoms with Crippen LogP contribution in [0, 0.1) is 13.8 Å². The number of amides is 1. The van der Waals surface area contributed by atoms with E-state index >= 15 is 0 Å². The molecule has 2 rings (SSSR count).